The summed E-state index contributed by atoms with van der Waals surface area (Å²) in [6, 6.07) is 8.88. The Bertz CT molecular complexity index is 974. The van der Waals surface area contributed by atoms with Crippen molar-refractivity contribution in [1.82, 2.24) is 24.5 Å². The molecule has 0 aliphatic carbocycles. The average Bonchev–Trinajstić information content (AvgIpc) is 3.18. The van der Waals surface area contributed by atoms with Crippen LogP contribution < -0.4 is 10.0 Å². The molecule has 0 radical (unpaired) electrons. The van der Waals surface area contributed by atoms with E-state index < -0.39 is 22.6 Å². The molecule has 1 atom stereocenters. The van der Waals surface area contributed by atoms with E-state index >= 15 is 0 Å². The number of rotatable bonds is 5. The van der Waals surface area contributed by atoms with Crippen LogP contribution >= 0.6 is 0 Å². The first-order chi connectivity index (χ1) is 14.4. The molecule has 2 N–H and O–H groups in total. The van der Waals surface area contributed by atoms with Gasteiger partial charge >= 0.3 is 0 Å². The SMILES string of the molecule is Cn1cnc(S(=O)(=O)NCC(=O)N2CCCCCNC(=O)CC2c2ccccc2)c1. The monoisotopic (exact) mass is 433 g/mol. The Morgan fingerprint density at radius 2 is 2.00 bits per heavy atom. The third-order valence-electron chi connectivity index (χ3n) is 5.03. The van der Waals surface area contributed by atoms with Crippen molar-refractivity contribution in [3.8, 4) is 0 Å². The topological polar surface area (TPSA) is 113 Å². The van der Waals surface area contributed by atoms with Gasteiger partial charge in [0.1, 0.15) is 0 Å². The van der Waals surface area contributed by atoms with Crippen LogP contribution in [-0.2, 0) is 26.7 Å². The fourth-order valence-electron chi connectivity index (χ4n) is 3.46. The molecular weight excluding hydrogens is 406 g/mol. The van der Waals surface area contributed by atoms with Gasteiger partial charge in [-0.15, -0.1) is 0 Å². The van der Waals surface area contributed by atoms with Crippen molar-refractivity contribution < 1.29 is 18.0 Å². The predicted octanol–water partition coefficient (Wildman–Crippen LogP) is 0.959. The number of aromatic nitrogens is 2. The molecule has 1 aromatic carbocycles. The maximum atomic E-state index is 13.1. The molecular formula is C20H27N5O4S. The molecule has 1 aromatic heterocycles. The molecule has 1 saturated heterocycles. The minimum absolute atomic E-state index is 0.127. The highest BCUT2D eigenvalue weighted by Crippen LogP contribution is 2.26. The van der Waals surface area contributed by atoms with Gasteiger partial charge < -0.3 is 14.8 Å². The summed E-state index contributed by atoms with van der Waals surface area (Å²) in [6.45, 7) is 0.680. The number of imidazole rings is 1. The number of carbonyl (C=O) groups excluding carboxylic acids is 2. The summed E-state index contributed by atoms with van der Waals surface area (Å²) in [4.78, 5) is 30.9. The Hall–Kier alpha value is -2.72. The molecule has 2 amide bonds. The van der Waals surface area contributed by atoms with Gasteiger partial charge in [0.15, 0.2) is 5.03 Å². The summed E-state index contributed by atoms with van der Waals surface area (Å²) >= 11 is 0. The molecule has 162 valence electrons. The van der Waals surface area contributed by atoms with Crippen molar-refractivity contribution in [1.29, 1.82) is 0 Å². The fourth-order valence-corrected chi connectivity index (χ4v) is 4.41. The van der Waals surface area contributed by atoms with E-state index in [1.807, 2.05) is 30.3 Å². The molecule has 1 fully saturated rings. The van der Waals surface area contributed by atoms with Crippen LogP contribution in [0.1, 0.15) is 37.3 Å². The maximum absolute atomic E-state index is 13.1. The summed E-state index contributed by atoms with van der Waals surface area (Å²) in [6.07, 6.45) is 5.36. The van der Waals surface area contributed by atoms with Gasteiger partial charge in [-0.25, -0.2) is 18.1 Å². The van der Waals surface area contributed by atoms with E-state index in [-0.39, 0.29) is 23.3 Å². The summed E-state index contributed by atoms with van der Waals surface area (Å²) in [5, 5.41) is 2.75. The number of carbonyl (C=O) groups is 2. The van der Waals surface area contributed by atoms with Gasteiger partial charge in [-0.05, 0) is 24.8 Å². The Labute approximate surface area is 176 Å². The zero-order chi connectivity index (χ0) is 21.6. The Kier molecular flexibility index (Phi) is 7.22. The molecule has 30 heavy (non-hydrogen) atoms. The fraction of sp³-hybridized carbons (Fsp3) is 0.450. The van der Waals surface area contributed by atoms with E-state index in [1.54, 1.807) is 11.9 Å². The van der Waals surface area contributed by atoms with Crippen LogP contribution in [-0.4, -0.2) is 54.3 Å². The zero-order valence-corrected chi connectivity index (χ0v) is 17.8. The summed E-state index contributed by atoms with van der Waals surface area (Å²) in [5.41, 5.74) is 0.842. The third kappa shape index (κ3) is 5.67. The van der Waals surface area contributed by atoms with Crippen molar-refractivity contribution in [3.05, 3.63) is 48.4 Å². The summed E-state index contributed by atoms with van der Waals surface area (Å²) < 4.78 is 28.7. The Morgan fingerprint density at radius 3 is 2.70 bits per heavy atom. The van der Waals surface area contributed by atoms with E-state index in [4.69, 9.17) is 0 Å². The second-order valence-corrected chi connectivity index (χ2v) is 9.04. The van der Waals surface area contributed by atoms with Gasteiger partial charge in [-0.2, -0.15) is 0 Å². The van der Waals surface area contributed by atoms with Gasteiger partial charge in [0.2, 0.25) is 11.8 Å². The number of hydrogen-bond acceptors (Lipinski definition) is 5. The first-order valence-electron chi connectivity index (χ1n) is 9.95. The van der Waals surface area contributed by atoms with Crippen LogP contribution in [0.25, 0.3) is 0 Å². The van der Waals surface area contributed by atoms with E-state index in [0.29, 0.717) is 13.1 Å². The van der Waals surface area contributed by atoms with Gasteiger partial charge in [0.05, 0.1) is 25.3 Å². The van der Waals surface area contributed by atoms with Gasteiger partial charge in [-0.1, -0.05) is 30.3 Å². The van der Waals surface area contributed by atoms with Gasteiger partial charge in [-0.3, -0.25) is 9.59 Å². The van der Waals surface area contributed by atoms with Crippen LogP contribution in [0.15, 0.2) is 47.9 Å². The molecule has 2 aromatic rings. The smallest absolute Gasteiger partial charge is 0.260 e. The summed E-state index contributed by atoms with van der Waals surface area (Å²) in [7, 11) is -2.24. The second kappa shape index (κ2) is 9.86. The predicted molar refractivity (Wildman–Crippen MR) is 111 cm³/mol. The van der Waals surface area contributed by atoms with Gasteiger partial charge in [0, 0.05) is 26.3 Å². The molecule has 1 unspecified atom stereocenters. The van der Waals surface area contributed by atoms with Crippen molar-refractivity contribution >= 4 is 21.8 Å². The van der Waals surface area contributed by atoms with Crippen LogP contribution in [0.3, 0.4) is 0 Å². The van der Waals surface area contributed by atoms with Crippen molar-refractivity contribution in [2.45, 2.75) is 36.8 Å². The molecule has 1 aliphatic heterocycles. The second-order valence-electron chi connectivity index (χ2n) is 7.33. The first-order valence-corrected chi connectivity index (χ1v) is 11.4. The van der Waals surface area contributed by atoms with E-state index in [2.05, 4.69) is 15.0 Å². The number of nitrogens with one attached hydrogen (secondary N) is 2. The number of amides is 2. The van der Waals surface area contributed by atoms with E-state index in [9.17, 15) is 18.0 Å². The lowest BCUT2D eigenvalue weighted by molar-refractivity contribution is -0.134. The quantitative estimate of drug-likeness (QED) is 0.729. The van der Waals surface area contributed by atoms with Crippen LogP contribution in [0.2, 0.25) is 0 Å². The molecule has 0 bridgehead atoms. The number of aryl methyl sites for hydroxylation is 1. The molecule has 0 spiro atoms. The van der Waals surface area contributed by atoms with E-state index in [1.165, 1.54) is 17.1 Å². The van der Waals surface area contributed by atoms with E-state index in [0.717, 1.165) is 24.8 Å². The molecule has 9 nitrogen and oxygen atoms in total. The average molecular weight is 434 g/mol. The zero-order valence-electron chi connectivity index (χ0n) is 17.0. The van der Waals surface area contributed by atoms with Crippen molar-refractivity contribution in [3.63, 3.8) is 0 Å². The Balaban J connectivity index is 1.80. The van der Waals surface area contributed by atoms with Crippen LogP contribution in [0.5, 0.6) is 0 Å². The lowest BCUT2D eigenvalue weighted by Gasteiger charge is -2.33. The van der Waals surface area contributed by atoms with Gasteiger partial charge in [0.25, 0.3) is 10.0 Å². The lowest BCUT2D eigenvalue weighted by Crippen LogP contribution is -2.44. The number of benzene rings is 1. The summed E-state index contributed by atoms with van der Waals surface area (Å²) in [5.74, 6) is -0.505. The number of nitrogens with zero attached hydrogens (tertiary/aromatic N) is 3. The van der Waals surface area contributed by atoms with Crippen LogP contribution in [0.4, 0.5) is 0 Å². The Morgan fingerprint density at radius 1 is 1.23 bits per heavy atom. The third-order valence-corrected chi connectivity index (χ3v) is 6.31. The minimum atomic E-state index is -3.90. The first kappa shape index (κ1) is 22.0. The largest absolute Gasteiger partial charge is 0.356 e. The normalized spacial score (nSPS) is 18.6. The molecule has 2 heterocycles. The highest BCUT2D eigenvalue weighted by atomic mass is 32.2. The molecule has 1 aliphatic rings. The maximum Gasteiger partial charge on any atom is 0.260 e. The highest BCUT2D eigenvalue weighted by Gasteiger charge is 2.29. The number of hydrogen-bond donors (Lipinski definition) is 2. The molecule has 3 rings (SSSR count). The standard InChI is InChI=1S/C20H27N5O4S/c1-24-14-19(22-15-24)30(28,29)23-13-20(27)25-11-7-3-6-10-21-18(26)12-17(25)16-8-4-2-5-9-16/h2,4-5,8-9,14-15,17,23H,3,6-7,10-13H2,1H3,(H,21,26). The molecule has 0 saturated carbocycles. The van der Waals surface area contributed by atoms with Crippen LogP contribution in [0, 0.1) is 0 Å². The highest BCUT2D eigenvalue weighted by molar-refractivity contribution is 7.89. The minimum Gasteiger partial charge on any atom is -0.356 e. The van der Waals surface area contributed by atoms with Crippen molar-refractivity contribution in [2.75, 3.05) is 19.6 Å². The lowest BCUT2D eigenvalue weighted by atomic mass is 10.00. The number of sulfonamides is 1. The van der Waals surface area contributed by atoms with Crippen molar-refractivity contribution in [2.24, 2.45) is 7.05 Å². The molecule has 10 heteroatoms.